The van der Waals surface area contributed by atoms with E-state index in [0.717, 1.165) is 31.5 Å². The van der Waals surface area contributed by atoms with Gasteiger partial charge in [0.15, 0.2) is 0 Å². The molecule has 1 fully saturated rings. The molecule has 1 aromatic rings. The van der Waals surface area contributed by atoms with Gasteiger partial charge in [-0.3, -0.25) is 14.6 Å². The zero-order chi connectivity index (χ0) is 13.7. The van der Waals surface area contributed by atoms with E-state index in [1.807, 2.05) is 17.0 Å². The van der Waals surface area contributed by atoms with Gasteiger partial charge in [0.1, 0.15) is 0 Å². The van der Waals surface area contributed by atoms with Crippen LogP contribution in [0.15, 0.2) is 24.5 Å². The molecule has 1 aliphatic rings. The van der Waals surface area contributed by atoms with Gasteiger partial charge >= 0.3 is 0 Å². The van der Waals surface area contributed by atoms with E-state index in [9.17, 15) is 9.59 Å². The molecule has 0 aromatic carbocycles. The minimum atomic E-state index is -0.249. The molecule has 1 aromatic heterocycles. The highest BCUT2D eigenvalue weighted by molar-refractivity contribution is 5.79. The average molecular weight is 261 g/mol. The van der Waals surface area contributed by atoms with Crippen molar-refractivity contribution < 1.29 is 9.59 Å². The monoisotopic (exact) mass is 261 g/mol. The van der Waals surface area contributed by atoms with Gasteiger partial charge in [0.2, 0.25) is 11.8 Å². The Kier molecular flexibility index (Phi) is 4.49. The number of hydrogen-bond donors (Lipinski definition) is 1. The van der Waals surface area contributed by atoms with Gasteiger partial charge in [0.25, 0.3) is 0 Å². The van der Waals surface area contributed by atoms with Crippen LogP contribution in [-0.2, 0) is 16.0 Å². The third-order valence-corrected chi connectivity index (χ3v) is 3.56. The van der Waals surface area contributed by atoms with Crippen molar-refractivity contribution in [2.45, 2.75) is 25.7 Å². The predicted molar refractivity (Wildman–Crippen MR) is 71.1 cm³/mol. The fraction of sp³-hybridized carbons (Fsp3) is 0.500. The first-order chi connectivity index (χ1) is 9.15. The lowest BCUT2D eigenvalue weighted by molar-refractivity contribution is -0.131. The van der Waals surface area contributed by atoms with Crippen LogP contribution >= 0.6 is 0 Å². The topological polar surface area (TPSA) is 76.3 Å². The number of aromatic nitrogens is 1. The largest absolute Gasteiger partial charge is 0.370 e. The highest BCUT2D eigenvalue weighted by Gasteiger charge is 2.23. The van der Waals surface area contributed by atoms with Gasteiger partial charge in [-0.1, -0.05) is 0 Å². The Morgan fingerprint density at radius 1 is 1.26 bits per heavy atom. The molecular formula is C14H19N3O2. The number of rotatable bonds is 4. The number of amides is 2. The number of piperidine rings is 1. The first kappa shape index (κ1) is 13.5. The van der Waals surface area contributed by atoms with Crippen molar-refractivity contribution in [3.8, 4) is 0 Å². The molecule has 0 aliphatic carbocycles. The van der Waals surface area contributed by atoms with Crippen molar-refractivity contribution in [1.82, 2.24) is 9.88 Å². The third-order valence-electron chi connectivity index (χ3n) is 3.56. The molecule has 5 nitrogen and oxygen atoms in total. The van der Waals surface area contributed by atoms with Crippen LogP contribution in [-0.4, -0.2) is 34.8 Å². The summed E-state index contributed by atoms with van der Waals surface area (Å²) in [4.78, 5) is 28.8. The summed E-state index contributed by atoms with van der Waals surface area (Å²) < 4.78 is 0. The van der Waals surface area contributed by atoms with Crippen molar-refractivity contribution in [2.24, 2.45) is 11.7 Å². The molecule has 0 radical (unpaired) electrons. The van der Waals surface area contributed by atoms with Gasteiger partial charge in [-0.15, -0.1) is 0 Å². The summed E-state index contributed by atoms with van der Waals surface area (Å²) in [6.07, 6.45) is 5.98. The smallest absolute Gasteiger partial charge is 0.226 e. The van der Waals surface area contributed by atoms with E-state index in [1.165, 1.54) is 0 Å². The Morgan fingerprint density at radius 3 is 2.47 bits per heavy atom. The van der Waals surface area contributed by atoms with Crippen LogP contribution in [0.2, 0.25) is 0 Å². The van der Waals surface area contributed by atoms with Crippen molar-refractivity contribution >= 4 is 11.8 Å². The molecule has 1 saturated heterocycles. The summed E-state index contributed by atoms with van der Waals surface area (Å²) in [6, 6.07) is 3.72. The third kappa shape index (κ3) is 4.05. The second-order valence-corrected chi connectivity index (χ2v) is 5.03. The van der Waals surface area contributed by atoms with Crippen LogP contribution in [0, 0.1) is 5.92 Å². The number of hydrogen-bond acceptors (Lipinski definition) is 3. The zero-order valence-corrected chi connectivity index (χ0v) is 10.9. The summed E-state index contributed by atoms with van der Waals surface area (Å²) in [6.45, 7) is 1.45. The highest BCUT2D eigenvalue weighted by atomic mass is 16.2. The molecule has 102 valence electrons. The number of nitrogens with two attached hydrogens (primary N) is 1. The van der Waals surface area contributed by atoms with E-state index < -0.39 is 0 Å². The van der Waals surface area contributed by atoms with Crippen LogP contribution in [0.4, 0.5) is 0 Å². The number of likely N-dealkylation sites (tertiary alicyclic amines) is 1. The second-order valence-electron chi connectivity index (χ2n) is 5.03. The van der Waals surface area contributed by atoms with Gasteiger partial charge < -0.3 is 10.6 Å². The predicted octanol–water partition coefficient (Wildman–Crippen LogP) is 0.738. The summed E-state index contributed by atoms with van der Waals surface area (Å²) in [5, 5.41) is 0. The van der Waals surface area contributed by atoms with Crippen LogP contribution in [0.5, 0.6) is 0 Å². The SMILES string of the molecule is NC(=O)CC1CCN(C(=O)Cc2ccncc2)CC1. The Balaban J connectivity index is 1.81. The quantitative estimate of drug-likeness (QED) is 0.868. The van der Waals surface area contributed by atoms with Crippen LogP contribution in [0.3, 0.4) is 0 Å². The van der Waals surface area contributed by atoms with Gasteiger partial charge in [0, 0.05) is 31.9 Å². The summed E-state index contributed by atoms with van der Waals surface area (Å²) in [5.74, 6) is 0.229. The van der Waals surface area contributed by atoms with Crippen molar-refractivity contribution in [3.63, 3.8) is 0 Å². The lowest BCUT2D eigenvalue weighted by atomic mass is 9.93. The summed E-state index contributed by atoms with van der Waals surface area (Å²) in [7, 11) is 0. The molecule has 0 saturated carbocycles. The van der Waals surface area contributed by atoms with Crippen molar-refractivity contribution in [3.05, 3.63) is 30.1 Å². The van der Waals surface area contributed by atoms with Gasteiger partial charge in [-0.25, -0.2) is 0 Å². The maximum absolute atomic E-state index is 12.1. The lowest BCUT2D eigenvalue weighted by Gasteiger charge is -2.31. The number of nitrogens with zero attached hydrogens (tertiary/aromatic N) is 2. The molecule has 5 heteroatoms. The molecule has 0 spiro atoms. The molecule has 2 heterocycles. The van der Waals surface area contributed by atoms with Crippen LogP contribution in [0.1, 0.15) is 24.8 Å². The number of pyridine rings is 1. The molecule has 0 unspecified atom stereocenters. The molecule has 2 N–H and O–H groups in total. The molecular weight excluding hydrogens is 242 g/mol. The number of carbonyl (C=O) groups excluding carboxylic acids is 2. The highest BCUT2D eigenvalue weighted by Crippen LogP contribution is 2.20. The van der Waals surface area contributed by atoms with Gasteiger partial charge in [-0.2, -0.15) is 0 Å². The lowest BCUT2D eigenvalue weighted by Crippen LogP contribution is -2.40. The maximum Gasteiger partial charge on any atom is 0.226 e. The van der Waals surface area contributed by atoms with E-state index in [-0.39, 0.29) is 11.8 Å². The first-order valence-corrected chi connectivity index (χ1v) is 6.60. The fourth-order valence-electron chi connectivity index (χ4n) is 2.46. The molecule has 1 aliphatic heterocycles. The molecule has 2 amide bonds. The fourth-order valence-corrected chi connectivity index (χ4v) is 2.46. The van der Waals surface area contributed by atoms with E-state index in [4.69, 9.17) is 5.73 Å². The van der Waals surface area contributed by atoms with Crippen LogP contribution < -0.4 is 5.73 Å². The Bertz CT molecular complexity index is 439. The van der Waals surface area contributed by atoms with E-state index in [2.05, 4.69) is 4.98 Å². The molecule has 19 heavy (non-hydrogen) atoms. The van der Waals surface area contributed by atoms with Crippen LogP contribution in [0.25, 0.3) is 0 Å². The zero-order valence-electron chi connectivity index (χ0n) is 10.9. The first-order valence-electron chi connectivity index (χ1n) is 6.60. The normalized spacial score (nSPS) is 16.3. The summed E-state index contributed by atoms with van der Waals surface area (Å²) >= 11 is 0. The minimum Gasteiger partial charge on any atom is -0.370 e. The van der Waals surface area contributed by atoms with Gasteiger partial charge in [-0.05, 0) is 36.5 Å². The Labute approximate surface area is 112 Å². The van der Waals surface area contributed by atoms with E-state index in [1.54, 1.807) is 12.4 Å². The van der Waals surface area contributed by atoms with Crippen molar-refractivity contribution in [1.29, 1.82) is 0 Å². The maximum atomic E-state index is 12.1. The van der Waals surface area contributed by atoms with E-state index in [0.29, 0.717) is 18.8 Å². The van der Waals surface area contributed by atoms with Crippen molar-refractivity contribution in [2.75, 3.05) is 13.1 Å². The molecule has 2 rings (SSSR count). The standard InChI is InChI=1S/C14H19N3O2/c15-13(18)9-12-3-7-17(8-4-12)14(19)10-11-1-5-16-6-2-11/h1-2,5-6,12H,3-4,7-10H2,(H2,15,18). The summed E-state index contributed by atoms with van der Waals surface area (Å²) in [5.41, 5.74) is 6.18. The molecule has 0 atom stereocenters. The number of primary amides is 1. The second kappa shape index (κ2) is 6.31. The van der Waals surface area contributed by atoms with E-state index >= 15 is 0 Å². The minimum absolute atomic E-state index is 0.142. The molecule has 0 bridgehead atoms. The average Bonchev–Trinajstić information content (AvgIpc) is 2.40. The number of carbonyl (C=O) groups is 2. The van der Waals surface area contributed by atoms with Gasteiger partial charge in [0.05, 0.1) is 6.42 Å². The Hall–Kier alpha value is -1.91. The Morgan fingerprint density at radius 2 is 1.89 bits per heavy atom.